The lowest BCUT2D eigenvalue weighted by Gasteiger charge is -2.34. The van der Waals surface area contributed by atoms with E-state index in [-0.39, 0.29) is 25.3 Å². The minimum absolute atomic E-state index is 0.0506. The fourth-order valence-electron chi connectivity index (χ4n) is 3.60. The van der Waals surface area contributed by atoms with Crippen molar-refractivity contribution in [3.8, 4) is 0 Å². The Hall–Kier alpha value is -0.820. The number of aliphatic hydroxyl groups is 1. The molecule has 7 heteroatoms. The van der Waals surface area contributed by atoms with E-state index in [9.17, 15) is 23.1 Å². The fraction of sp³-hybridized carbons (Fsp3) is 0.938. The van der Waals surface area contributed by atoms with Gasteiger partial charge in [-0.2, -0.15) is 13.2 Å². The number of aliphatic hydroxyl groups excluding tert-OH is 1. The molecule has 1 atom stereocenters. The highest BCUT2D eigenvalue weighted by atomic mass is 19.4. The maximum atomic E-state index is 12.5. The SMILES string of the molecule is O=C(CN1CCC(C(O)C(F)(F)F)CC1)NCC1CCCCC1. The van der Waals surface area contributed by atoms with Crippen molar-refractivity contribution in [1.29, 1.82) is 0 Å². The number of hydrogen-bond acceptors (Lipinski definition) is 3. The van der Waals surface area contributed by atoms with E-state index in [4.69, 9.17) is 0 Å². The van der Waals surface area contributed by atoms with Gasteiger partial charge in [0.05, 0.1) is 6.54 Å². The molecule has 0 radical (unpaired) electrons. The molecular formula is C16H27F3N2O2. The van der Waals surface area contributed by atoms with Crippen LogP contribution in [0.4, 0.5) is 13.2 Å². The zero-order chi connectivity index (χ0) is 16.9. The van der Waals surface area contributed by atoms with Crippen LogP contribution >= 0.6 is 0 Å². The normalized spacial score (nSPS) is 23.7. The number of nitrogens with zero attached hydrogens (tertiary/aromatic N) is 1. The molecule has 4 nitrogen and oxygen atoms in total. The van der Waals surface area contributed by atoms with Crippen LogP contribution in [-0.4, -0.2) is 54.4 Å². The molecule has 1 aliphatic heterocycles. The van der Waals surface area contributed by atoms with E-state index >= 15 is 0 Å². The van der Waals surface area contributed by atoms with Crippen LogP contribution in [0.5, 0.6) is 0 Å². The Morgan fingerprint density at radius 2 is 1.74 bits per heavy atom. The van der Waals surface area contributed by atoms with Crippen molar-refractivity contribution in [1.82, 2.24) is 10.2 Å². The summed E-state index contributed by atoms with van der Waals surface area (Å²) in [6, 6.07) is 0. The highest BCUT2D eigenvalue weighted by molar-refractivity contribution is 5.78. The van der Waals surface area contributed by atoms with E-state index in [0.29, 0.717) is 25.6 Å². The predicted octanol–water partition coefficient (Wildman–Crippen LogP) is 2.32. The number of carbonyl (C=O) groups is 1. The summed E-state index contributed by atoms with van der Waals surface area (Å²) >= 11 is 0. The monoisotopic (exact) mass is 336 g/mol. The van der Waals surface area contributed by atoms with Crippen molar-refractivity contribution in [2.24, 2.45) is 11.8 Å². The molecule has 0 aromatic carbocycles. The van der Waals surface area contributed by atoms with Crippen molar-refractivity contribution in [3.63, 3.8) is 0 Å². The first-order chi connectivity index (χ1) is 10.9. The molecule has 1 saturated carbocycles. The summed E-state index contributed by atoms with van der Waals surface area (Å²) in [5.74, 6) is -0.234. The van der Waals surface area contributed by atoms with Crippen LogP contribution in [0.1, 0.15) is 44.9 Å². The smallest absolute Gasteiger partial charge is 0.383 e. The number of hydrogen-bond donors (Lipinski definition) is 2. The van der Waals surface area contributed by atoms with Gasteiger partial charge in [-0.3, -0.25) is 9.69 Å². The Morgan fingerprint density at radius 1 is 1.13 bits per heavy atom. The number of halogens is 3. The van der Waals surface area contributed by atoms with E-state index < -0.39 is 18.2 Å². The van der Waals surface area contributed by atoms with E-state index in [0.717, 1.165) is 0 Å². The first-order valence-electron chi connectivity index (χ1n) is 8.60. The number of amides is 1. The molecule has 2 rings (SSSR count). The standard InChI is InChI=1S/C16H27F3N2O2/c17-16(18,19)15(23)13-6-8-21(9-7-13)11-14(22)20-10-12-4-2-1-3-5-12/h12-13,15,23H,1-11H2,(H,20,22). The van der Waals surface area contributed by atoms with Crippen LogP contribution in [0, 0.1) is 11.8 Å². The maximum absolute atomic E-state index is 12.5. The number of likely N-dealkylation sites (tertiary alicyclic amines) is 1. The lowest BCUT2D eigenvalue weighted by molar-refractivity contribution is -0.223. The van der Waals surface area contributed by atoms with Crippen LogP contribution < -0.4 is 5.32 Å². The van der Waals surface area contributed by atoms with Crippen LogP contribution in [-0.2, 0) is 4.79 Å². The largest absolute Gasteiger partial charge is 0.414 e. The summed E-state index contributed by atoms with van der Waals surface area (Å²) < 4.78 is 37.5. The summed E-state index contributed by atoms with van der Waals surface area (Å²) in [5, 5.41) is 12.2. The molecule has 1 heterocycles. The highest BCUT2D eigenvalue weighted by Crippen LogP contribution is 2.31. The third kappa shape index (κ3) is 5.95. The first kappa shape index (κ1) is 18.5. The minimum atomic E-state index is -4.55. The summed E-state index contributed by atoms with van der Waals surface area (Å²) in [7, 11) is 0. The Labute approximate surface area is 135 Å². The van der Waals surface area contributed by atoms with E-state index in [1.54, 1.807) is 0 Å². The summed E-state index contributed by atoms with van der Waals surface area (Å²) in [5.41, 5.74) is 0. The van der Waals surface area contributed by atoms with Gasteiger partial charge >= 0.3 is 6.18 Å². The van der Waals surface area contributed by atoms with Crippen LogP contribution in [0.25, 0.3) is 0 Å². The molecule has 134 valence electrons. The molecule has 1 aliphatic carbocycles. The average molecular weight is 336 g/mol. The van der Waals surface area contributed by atoms with Crippen molar-refractivity contribution >= 4 is 5.91 Å². The van der Waals surface area contributed by atoms with Crippen molar-refractivity contribution in [2.75, 3.05) is 26.2 Å². The molecule has 0 spiro atoms. The Bertz CT molecular complexity index is 376. The van der Waals surface area contributed by atoms with Crippen molar-refractivity contribution < 1.29 is 23.1 Å². The third-order valence-corrected chi connectivity index (χ3v) is 5.09. The number of piperidine rings is 1. The summed E-state index contributed by atoms with van der Waals surface area (Å²) in [4.78, 5) is 13.8. The third-order valence-electron chi connectivity index (χ3n) is 5.09. The zero-order valence-electron chi connectivity index (χ0n) is 13.4. The van der Waals surface area contributed by atoms with Gasteiger partial charge in [0.2, 0.25) is 5.91 Å². The Morgan fingerprint density at radius 3 is 2.30 bits per heavy atom. The molecule has 0 aromatic heterocycles. The van der Waals surface area contributed by atoms with Crippen LogP contribution in [0.15, 0.2) is 0 Å². The Kier molecular flexibility index (Phi) is 6.71. The molecule has 0 bridgehead atoms. The molecule has 2 aliphatic rings. The first-order valence-corrected chi connectivity index (χ1v) is 8.60. The molecule has 0 aromatic rings. The Balaban J connectivity index is 1.64. The highest BCUT2D eigenvalue weighted by Gasteiger charge is 2.44. The van der Waals surface area contributed by atoms with E-state index in [1.165, 1.54) is 32.1 Å². The van der Waals surface area contributed by atoms with Gasteiger partial charge in [-0.1, -0.05) is 19.3 Å². The molecule has 1 saturated heterocycles. The lowest BCUT2D eigenvalue weighted by atomic mass is 9.89. The second-order valence-electron chi connectivity index (χ2n) is 6.91. The predicted molar refractivity (Wildman–Crippen MR) is 80.8 cm³/mol. The van der Waals surface area contributed by atoms with Gasteiger partial charge in [-0.25, -0.2) is 0 Å². The van der Waals surface area contributed by atoms with Crippen LogP contribution in [0.2, 0.25) is 0 Å². The molecule has 23 heavy (non-hydrogen) atoms. The lowest BCUT2D eigenvalue weighted by Crippen LogP contribution is -2.46. The molecule has 2 N–H and O–H groups in total. The molecule has 2 fully saturated rings. The van der Waals surface area contributed by atoms with Gasteiger partial charge in [0.1, 0.15) is 0 Å². The summed E-state index contributed by atoms with van der Waals surface area (Å²) in [6.07, 6.45) is -0.168. The molecule has 1 amide bonds. The van der Waals surface area contributed by atoms with Gasteiger partial charge in [-0.05, 0) is 50.6 Å². The van der Waals surface area contributed by atoms with Gasteiger partial charge in [-0.15, -0.1) is 0 Å². The fourth-order valence-corrected chi connectivity index (χ4v) is 3.60. The van der Waals surface area contributed by atoms with E-state index in [1.807, 2.05) is 4.90 Å². The minimum Gasteiger partial charge on any atom is -0.383 e. The van der Waals surface area contributed by atoms with Crippen molar-refractivity contribution in [2.45, 2.75) is 57.2 Å². The second-order valence-corrected chi connectivity index (χ2v) is 6.91. The van der Waals surface area contributed by atoms with Gasteiger partial charge < -0.3 is 10.4 Å². The second kappa shape index (κ2) is 8.33. The maximum Gasteiger partial charge on any atom is 0.414 e. The number of nitrogens with one attached hydrogen (secondary N) is 1. The molecule has 1 unspecified atom stereocenters. The number of alkyl halides is 3. The van der Waals surface area contributed by atoms with Gasteiger partial charge in [0, 0.05) is 6.54 Å². The number of rotatable bonds is 5. The number of carbonyl (C=O) groups excluding carboxylic acids is 1. The van der Waals surface area contributed by atoms with Gasteiger partial charge in [0.15, 0.2) is 6.10 Å². The average Bonchev–Trinajstić information content (AvgIpc) is 2.53. The zero-order valence-corrected chi connectivity index (χ0v) is 13.4. The van der Waals surface area contributed by atoms with Gasteiger partial charge in [0.25, 0.3) is 0 Å². The van der Waals surface area contributed by atoms with E-state index in [2.05, 4.69) is 5.32 Å². The van der Waals surface area contributed by atoms with Crippen LogP contribution in [0.3, 0.4) is 0 Å². The summed E-state index contributed by atoms with van der Waals surface area (Å²) in [6.45, 7) is 1.80. The molecular weight excluding hydrogens is 309 g/mol. The topological polar surface area (TPSA) is 52.6 Å². The van der Waals surface area contributed by atoms with Crippen molar-refractivity contribution in [3.05, 3.63) is 0 Å². The quantitative estimate of drug-likeness (QED) is 0.810.